The maximum Gasteiger partial charge on any atom is 0.305 e. The third kappa shape index (κ3) is 4.96. The van der Waals surface area contributed by atoms with E-state index >= 15 is 0 Å². The molecule has 15 heavy (non-hydrogen) atoms. The molecule has 0 radical (unpaired) electrons. The van der Waals surface area contributed by atoms with Crippen molar-refractivity contribution in [2.75, 3.05) is 7.11 Å². The number of nitrogens with zero attached hydrogens (tertiary/aromatic N) is 1. The Morgan fingerprint density at radius 1 is 1.60 bits per heavy atom. The van der Waals surface area contributed by atoms with Gasteiger partial charge >= 0.3 is 5.97 Å². The van der Waals surface area contributed by atoms with Gasteiger partial charge in [0.05, 0.1) is 7.11 Å². The summed E-state index contributed by atoms with van der Waals surface area (Å²) < 4.78 is 4.54. The van der Waals surface area contributed by atoms with Crippen LogP contribution >= 0.6 is 0 Å². The van der Waals surface area contributed by atoms with Gasteiger partial charge in [0.25, 0.3) is 0 Å². The molecule has 0 saturated heterocycles. The molecule has 0 aromatic carbocycles. The Morgan fingerprint density at radius 3 is 3.13 bits per heavy atom. The van der Waals surface area contributed by atoms with Gasteiger partial charge in [-0.05, 0) is 24.5 Å². The summed E-state index contributed by atoms with van der Waals surface area (Å²) in [5, 5.41) is 0. The summed E-state index contributed by atoms with van der Waals surface area (Å²) in [5.41, 5.74) is 1.08. The maximum atomic E-state index is 10.8. The topological polar surface area (TPSA) is 39.2 Å². The lowest BCUT2D eigenvalue weighted by Gasteiger charge is -1.95. The second-order valence-electron chi connectivity index (χ2n) is 3.16. The number of ether oxygens (including phenoxy) is 1. The number of esters is 1. The summed E-state index contributed by atoms with van der Waals surface area (Å²) in [5.74, 6) is -0.148. The minimum absolute atomic E-state index is 0.148. The van der Waals surface area contributed by atoms with Crippen molar-refractivity contribution in [2.45, 2.75) is 19.3 Å². The average Bonchev–Trinajstić information content (AvgIpc) is 2.29. The molecule has 0 atom stereocenters. The van der Waals surface area contributed by atoms with Crippen LogP contribution in [0.3, 0.4) is 0 Å². The first-order valence-corrected chi connectivity index (χ1v) is 4.96. The van der Waals surface area contributed by atoms with E-state index in [4.69, 9.17) is 0 Å². The SMILES string of the molecule is COC(=O)CCCC=Cc1cccnc1. The standard InChI is InChI=1S/C12H15NO2/c1-15-12(14)8-4-2-3-6-11-7-5-9-13-10-11/h3,5-7,9-10H,2,4,8H2,1H3. The average molecular weight is 205 g/mol. The molecule has 0 N–H and O–H groups in total. The number of allylic oxidation sites excluding steroid dienone is 1. The zero-order valence-corrected chi connectivity index (χ0v) is 8.85. The number of carbonyl (C=O) groups excluding carboxylic acids is 1. The van der Waals surface area contributed by atoms with Crippen LogP contribution in [-0.2, 0) is 9.53 Å². The molecule has 1 aromatic rings. The molecule has 0 aliphatic rings. The summed E-state index contributed by atoms with van der Waals surface area (Å²) in [4.78, 5) is 14.8. The summed E-state index contributed by atoms with van der Waals surface area (Å²) in [6.07, 6.45) is 9.77. The Hall–Kier alpha value is -1.64. The number of pyridine rings is 1. The first-order chi connectivity index (χ1) is 7.33. The smallest absolute Gasteiger partial charge is 0.305 e. The van der Waals surface area contributed by atoms with Gasteiger partial charge in [-0.15, -0.1) is 0 Å². The van der Waals surface area contributed by atoms with Crippen LogP contribution in [0.5, 0.6) is 0 Å². The molecular weight excluding hydrogens is 190 g/mol. The summed E-state index contributed by atoms with van der Waals surface area (Å²) in [6, 6.07) is 3.89. The zero-order valence-electron chi connectivity index (χ0n) is 8.85. The molecule has 0 aliphatic carbocycles. The van der Waals surface area contributed by atoms with E-state index in [1.165, 1.54) is 7.11 Å². The first-order valence-electron chi connectivity index (χ1n) is 4.96. The van der Waals surface area contributed by atoms with Crippen LogP contribution in [-0.4, -0.2) is 18.1 Å². The number of methoxy groups -OCH3 is 1. The van der Waals surface area contributed by atoms with Crippen LogP contribution in [0.25, 0.3) is 6.08 Å². The molecule has 0 aliphatic heterocycles. The van der Waals surface area contributed by atoms with Crippen molar-refractivity contribution < 1.29 is 9.53 Å². The van der Waals surface area contributed by atoms with Crippen molar-refractivity contribution in [3.05, 3.63) is 36.2 Å². The zero-order chi connectivity index (χ0) is 10.9. The number of rotatable bonds is 5. The number of aromatic nitrogens is 1. The van der Waals surface area contributed by atoms with Gasteiger partial charge in [-0.3, -0.25) is 9.78 Å². The van der Waals surface area contributed by atoms with Gasteiger partial charge in [0.15, 0.2) is 0 Å². The highest BCUT2D eigenvalue weighted by Crippen LogP contribution is 2.03. The van der Waals surface area contributed by atoms with Crippen molar-refractivity contribution in [3.8, 4) is 0 Å². The monoisotopic (exact) mass is 205 g/mol. The third-order valence-corrected chi connectivity index (χ3v) is 1.97. The summed E-state index contributed by atoms with van der Waals surface area (Å²) in [7, 11) is 1.41. The predicted octanol–water partition coefficient (Wildman–Crippen LogP) is 2.44. The lowest BCUT2D eigenvalue weighted by atomic mass is 10.2. The number of carbonyl (C=O) groups is 1. The molecule has 0 spiro atoms. The normalized spacial score (nSPS) is 10.5. The van der Waals surface area contributed by atoms with E-state index in [-0.39, 0.29) is 5.97 Å². The predicted molar refractivity (Wildman–Crippen MR) is 59.1 cm³/mol. The second kappa shape index (κ2) is 6.76. The molecule has 0 fully saturated rings. The van der Waals surface area contributed by atoms with Gasteiger partial charge in [-0.25, -0.2) is 0 Å². The van der Waals surface area contributed by atoms with Gasteiger partial charge in [-0.2, -0.15) is 0 Å². The van der Waals surface area contributed by atoms with Crippen molar-refractivity contribution >= 4 is 12.0 Å². The quantitative estimate of drug-likeness (QED) is 0.547. The first kappa shape index (κ1) is 11.4. The lowest BCUT2D eigenvalue weighted by Crippen LogP contribution is -1.98. The molecule has 0 bridgehead atoms. The van der Waals surface area contributed by atoms with E-state index in [0.29, 0.717) is 6.42 Å². The molecule has 1 rings (SSSR count). The molecular formula is C12H15NO2. The Bertz CT molecular complexity index is 320. The molecule has 3 nitrogen and oxygen atoms in total. The van der Waals surface area contributed by atoms with Crippen molar-refractivity contribution in [1.82, 2.24) is 4.98 Å². The van der Waals surface area contributed by atoms with E-state index in [9.17, 15) is 4.79 Å². The fourth-order valence-corrected chi connectivity index (χ4v) is 1.16. The molecule has 0 unspecified atom stereocenters. The van der Waals surface area contributed by atoms with Crippen LogP contribution in [0.2, 0.25) is 0 Å². The molecule has 1 heterocycles. The van der Waals surface area contributed by atoms with Crippen LogP contribution in [0, 0.1) is 0 Å². The highest BCUT2D eigenvalue weighted by Gasteiger charge is 1.96. The molecule has 80 valence electrons. The molecule has 1 aromatic heterocycles. The van der Waals surface area contributed by atoms with Gasteiger partial charge in [0.1, 0.15) is 0 Å². The van der Waals surface area contributed by atoms with E-state index in [1.54, 1.807) is 12.4 Å². The Balaban J connectivity index is 2.20. The second-order valence-corrected chi connectivity index (χ2v) is 3.16. The van der Waals surface area contributed by atoms with Crippen LogP contribution < -0.4 is 0 Å². The molecule has 0 amide bonds. The van der Waals surface area contributed by atoms with E-state index in [2.05, 4.69) is 9.72 Å². The highest BCUT2D eigenvalue weighted by molar-refractivity contribution is 5.69. The third-order valence-electron chi connectivity index (χ3n) is 1.97. The highest BCUT2D eigenvalue weighted by atomic mass is 16.5. The number of hydrogen-bond donors (Lipinski definition) is 0. The lowest BCUT2D eigenvalue weighted by molar-refractivity contribution is -0.140. The molecule has 3 heteroatoms. The minimum atomic E-state index is -0.148. The number of hydrogen-bond acceptors (Lipinski definition) is 3. The number of unbranched alkanes of at least 4 members (excludes halogenated alkanes) is 1. The van der Waals surface area contributed by atoms with Crippen molar-refractivity contribution in [1.29, 1.82) is 0 Å². The van der Waals surface area contributed by atoms with E-state index < -0.39 is 0 Å². The summed E-state index contributed by atoms with van der Waals surface area (Å²) in [6.45, 7) is 0. The maximum absolute atomic E-state index is 10.8. The summed E-state index contributed by atoms with van der Waals surface area (Å²) >= 11 is 0. The Labute approximate surface area is 89.8 Å². The van der Waals surface area contributed by atoms with Gasteiger partial charge < -0.3 is 4.74 Å². The van der Waals surface area contributed by atoms with Crippen LogP contribution in [0.1, 0.15) is 24.8 Å². The Morgan fingerprint density at radius 2 is 2.47 bits per heavy atom. The van der Waals surface area contributed by atoms with Crippen LogP contribution in [0.4, 0.5) is 0 Å². The van der Waals surface area contributed by atoms with Gasteiger partial charge in [0, 0.05) is 18.8 Å². The fraction of sp³-hybridized carbons (Fsp3) is 0.333. The van der Waals surface area contributed by atoms with Crippen LogP contribution in [0.15, 0.2) is 30.6 Å². The van der Waals surface area contributed by atoms with Crippen molar-refractivity contribution in [3.63, 3.8) is 0 Å². The largest absolute Gasteiger partial charge is 0.469 e. The Kier molecular flexibility index (Phi) is 5.15. The fourth-order valence-electron chi connectivity index (χ4n) is 1.16. The van der Waals surface area contributed by atoms with E-state index in [1.807, 2.05) is 24.3 Å². The van der Waals surface area contributed by atoms with Gasteiger partial charge in [-0.1, -0.05) is 18.2 Å². The van der Waals surface area contributed by atoms with Crippen molar-refractivity contribution in [2.24, 2.45) is 0 Å². The minimum Gasteiger partial charge on any atom is -0.469 e. The molecule has 0 saturated carbocycles. The van der Waals surface area contributed by atoms with E-state index in [0.717, 1.165) is 18.4 Å². The van der Waals surface area contributed by atoms with Gasteiger partial charge in [0.2, 0.25) is 0 Å².